The molecule has 1 heterocycles. The molecule has 0 aromatic carbocycles. The fraction of sp³-hybridized carbons (Fsp3) is 1.00. The molecule has 0 radical (unpaired) electrons. The van der Waals surface area contributed by atoms with Crippen LogP contribution in [0.1, 0.15) is 12.8 Å². The minimum atomic E-state index is 0.876. The Hall–Kier alpha value is 0.270. The highest BCUT2D eigenvalue weighted by Crippen LogP contribution is 2.19. The zero-order valence-corrected chi connectivity index (χ0v) is 8.28. The minimum absolute atomic E-state index is 0.876. The summed E-state index contributed by atoms with van der Waals surface area (Å²) in [6.45, 7) is 3.72. The summed E-state index contributed by atoms with van der Waals surface area (Å²) in [5.41, 5.74) is 0. The molecular weight excluding hydrogens is 156 g/mol. The van der Waals surface area contributed by atoms with E-state index in [-0.39, 0.29) is 0 Å². The number of nitrogens with zero attached hydrogens (tertiary/aromatic N) is 1. The number of hydrogen-bond acceptors (Lipinski definition) is 3. The molecule has 1 N–H and O–H groups in total. The summed E-state index contributed by atoms with van der Waals surface area (Å²) >= 11 is 1.88. The second-order valence-corrected chi connectivity index (χ2v) is 4.02. The van der Waals surface area contributed by atoms with Gasteiger partial charge < -0.3 is 5.32 Å². The molecule has 0 saturated carbocycles. The Bertz CT molecular complexity index is 106. The lowest BCUT2D eigenvalue weighted by atomic mass is 10.00. The van der Waals surface area contributed by atoms with Crippen LogP contribution in [0.15, 0.2) is 0 Å². The van der Waals surface area contributed by atoms with Gasteiger partial charge in [-0.05, 0) is 38.6 Å². The molecule has 1 aliphatic rings. The van der Waals surface area contributed by atoms with Gasteiger partial charge in [0.25, 0.3) is 0 Å². The molecule has 1 rings (SSSR count). The van der Waals surface area contributed by atoms with E-state index in [4.69, 9.17) is 0 Å². The molecule has 1 aliphatic heterocycles. The highest BCUT2D eigenvalue weighted by atomic mass is 32.2. The first-order chi connectivity index (χ1) is 5.36. The summed E-state index contributed by atoms with van der Waals surface area (Å²) < 4.78 is 2.46. The van der Waals surface area contributed by atoms with Crippen molar-refractivity contribution in [2.45, 2.75) is 12.8 Å². The Labute approximate surface area is 73.9 Å². The van der Waals surface area contributed by atoms with E-state index >= 15 is 0 Å². The summed E-state index contributed by atoms with van der Waals surface area (Å²) in [4.78, 5) is 0. The molecule has 0 bridgehead atoms. The Kier molecular flexibility index (Phi) is 4.26. The van der Waals surface area contributed by atoms with Crippen LogP contribution >= 0.6 is 11.9 Å². The van der Waals surface area contributed by atoms with Crippen molar-refractivity contribution >= 4 is 11.9 Å². The van der Waals surface area contributed by atoms with E-state index in [0.717, 1.165) is 5.92 Å². The SMILES string of the molecule is CNCC1CCCN(SC)C1. The standard InChI is InChI=1S/C8H18N2S/c1-9-6-8-4-3-5-10(7-8)11-2/h8-9H,3-7H2,1-2H3. The third-order valence-electron chi connectivity index (χ3n) is 2.23. The third-order valence-corrected chi connectivity index (χ3v) is 3.08. The van der Waals surface area contributed by atoms with Crippen LogP contribution in [0.3, 0.4) is 0 Å². The Balaban J connectivity index is 2.21. The van der Waals surface area contributed by atoms with Gasteiger partial charge in [0.05, 0.1) is 0 Å². The summed E-state index contributed by atoms with van der Waals surface area (Å²) in [6, 6.07) is 0. The molecule has 66 valence electrons. The lowest BCUT2D eigenvalue weighted by Crippen LogP contribution is -2.34. The second kappa shape index (κ2) is 5.01. The Morgan fingerprint density at radius 2 is 2.45 bits per heavy atom. The molecule has 1 saturated heterocycles. The summed E-state index contributed by atoms with van der Waals surface area (Å²) in [5.74, 6) is 0.876. The molecule has 1 atom stereocenters. The predicted molar refractivity (Wildman–Crippen MR) is 51.7 cm³/mol. The third kappa shape index (κ3) is 3.01. The Morgan fingerprint density at radius 1 is 1.64 bits per heavy atom. The first kappa shape index (κ1) is 9.36. The normalized spacial score (nSPS) is 27.3. The first-order valence-electron chi connectivity index (χ1n) is 4.30. The average Bonchev–Trinajstić information content (AvgIpc) is 2.06. The van der Waals surface area contributed by atoms with Gasteiger partial charge in [-0.15, -0.1) is 0 Å². The van der Waals surface area contributed by atoms with E-state index in [2.05, 4.69) is 15.9 Å². The van der Waals surface area contributed by atoms with Gasteiger partial charge >= 0.3 is 0 Å². The van der Waals surface area contributed by atoms with Crippen molar-refractivity contribution in [1.82, 2.24) is 9.62 Å². The topological polar surface area (TPSA) is 15.3 Å². The van der Waals surface area contributed by atoms with Gasteiger partial charge in [0.15, 0.2) is 0 Å². The van der Waals surface area contributed by atoms with Gasteiger partial charge in [0.1, 0.15) is 0 Å². The fourth-order valence-corrected chi connectivity index (χ4v) is 2.32. The van der Waals surface area contributed by atoms with E-state index < -0.39 is 0 Å². The van der Waals surface area contributed by atoms with Crippen LogP contribution in [0.25, 0.3) is 0 Å². The van der Waals surface area contributed by atoms with Crippen molar-refractivity contribution in [2.75, 3.05) is 32.9 Å². The van der Waals surface area contributed by atoms with Crippen LogP contribution in [0.2, 0.25) is 0 Å². The highest BCUT2D eigenvalue weighted by molar-refractivity contribution is 7.96. The molecule has 1 unspecified atom stereocenters. The van der Waals surface area contributed by atoms with Gasteiger partial charge in [-0.1, -0.05) is 11.9 Å². The molecule has 0 aromatic heterocycles. The highest BCUT2D eigenvalue weighted by Gasteiger charge is 2.17. The van der Waals surface area contributed by atoms with Crippen LogP contribution in [-0.2, 0) is 0 Å². The van der Waals surface area contributed by atoms with Crippen LogP contribution in [-0.4, -0.2) is 37.2 Å². The lowest BCUT2D eigenvalue weighted by molar-refractivity contribution is 0.282. The zero-order chi connectivity index (χ0) is 8.10. The van der Waals surface area contributed by atoms with Gasteiger partial charge in [-0.25, -0.2) is 0 Å². The number of rotatable bonds is 3. The van der Waals surface area contributed by atoms with E-state index in [0.29, 0.717) is 0 Å². The van der Waals surface area contributed by atoms with E-state index in [9.17, 15) is 0 Å². The molecule has 0 aliphatic carbocycles. The largest absolute Gasteiger partial charge is 0.319 e. The maximum absolute atomic E-state index is 3.25. The van der Waals surface area contributed by atoms with Gasteiger partial charge in [0, 0.05) is 13.1 Å². The maximum Gasteiger partial charge on any atom is 0.0130 e. The number of hydrogen-bond donors (Lipinski definition) is 1. The molecule has 1 fully saturated rings. The van der Waals surface area contributed by atoms with Crippen LogP contribution in [0, 0.1) is 5.92 Å². The zero-order valence-electron chi connectivity index (χ0n) is 7.47. The van der Waals surface area contributed by atoms with Crippen molar-refractivity contribution in [1.29, 1.82) is 0 Å². The van der Waals surface area contributed by atoms with E-state index in [1.54, 1.807) is 0 Å². The van der Waals surface area contributed by atoms with Gasteiger partial charge in [-0.3, -0.25) is 4.31 Å². The van der Waals surface area contributed by atoms with Gasteiger partial charge in [0.2, 0.25) is 0 Å². The van der Waals surface area contributed by atoms with E-state index in [1.807, 2.05) is 19.0 Å². The van der Waals surface area contributed by atoms with E-state index in [1.165, 1.54) is 32.5 Å². The second-order valence-electron chi connectivity index (χ2n) is 3.14. The maximum atomic E-state index is 3.25. The fourth-order valence-electron chi connectivity index (χ4n) is 1.65. The quantitative estimate of drug-likeness (QED) is 0.647. The smallest absolute Gasteiger partial charge is 0.0130 e. The molecule has 0 aromatic rings. The summed E-state index contributed by atoms with van der Waals surface area (Å²) in [7, 11) is 2.04. The van der Waals surface area contributed by atoms with Crippen molar-refractivity contribution in [3.8, 4) is 0 Å². The van der Waals surface area contributed by atoms with Crippen molar-refractivity contribution in [3.05, 3.63) is 0 Å². The molecule has 0 amide bonds. The first-order valence-corrected chi connectivity index (χ1v) is 5.48. The molecule has 0 spiro atoms. The van der Waals surface area contributed by atoms with Crippen molar-refractivity contribution < 1.29 is 0 Å². The Morgan fingerprint density at radius 3 is 3.09 bits per heavy atom. The predicted octanol–water partition coefficient (Wildman–Crippen LogP) is 1.20. The van der Waals surface area contributed by atoms with Crippen molar-refractivity contribution in [2.24, 2.45) is 5.92 Å². The van der Waals surface area contributed by atoms with Crippen molar-refractivity contribution in [3.63, 3.8) is 0 Å². The average molecular weight is 174 g/mol. The lowest BCUT2D eigenvalue weighted by Gasteiger charge is -2.30. The molecule has 11 heavy (non-hydrogen) atoms. The molecular formula is C8H18N2S. The van der Waals surface area contributed by atoms with Crippen LogP contribution in [0.5, 0.6) is 0 Å². The van der Waals surface area contributed by atoms with Crippen LogP contribution in [0.4, 0.5) is 0 Å². The number of piperidine rings is 1. The monoisotopic (exact) mass is 174 g/mol. The van der Waals surface area contributed by atoms with Gasteiger partial charge in [-0.2, -0.15) is 0 Å². The summed E-state index contributed by atoms with van der Waals surface area (Å²) in [6.07, 6.45) is 4.94. The minimum Gasteiger partial charge on any atom is -0.319 e. The van der Waals surface area contributed by atoms with Crippen LogP contribution < -0.4 is 5.32 Å². The molecule has 2 nitrogen and oxygen atoms in total. The summed E-state index contributed by atoms with van der Waals surface area (Å²) in [5, 5.41) is 3.25. The number of nitrogens with one attached hydrogen (secondary N) is 1. The molecule has 3 heteroatoms.